The Morgan fingerprint density at radius 2 is 2.05 bits per heavy atom. The van der Waals surface area contributed by atoms with E-state index in [1.807, 2.05) is 47.9 Å². The molecule has 0 radical (unpaired) electrons. The molecule has 0 atom stereocenters. The molecule has 0 aliphatic rings. The number of nitriles is 1. The maximum absolute atomic E-state index is 12.3. The van der Waals surface area contributed by atoms with Crippen LogP contribution in [0.15, 0.2) is 57.9 Å². The van der Waals surface area contributed by atoms with Crippen molar-refractivity contribution in [1.29, 1.82) is 5.26 Å². The molecule has 0 spiro atoms. The van der Waals surface area contributed by atoms with E-state index in [1.165, 1.54) is 5.56 Å². The van der Waals surface area contributed by atoms with Gasteiger partial charge >= 0.3 is 0 Å². The van der Waals surface area contributed by atoms with Gasteiger partial charge in [-0.2, -0.15) is 5.26 Å². The van der Waals surface area contributed by atoms with Crippen molar-refractivity contribution < 1.29 is 0 Å². The summed E-state index contributed by atoms with van der Waals surface area (Å²) in [7, 11) is 0. The molecule has 0 saturated carbocycles. The van der Waals surface area contributed by atoms with E-state index in [4.69, 9.17) is 0 Å². The number of aromatic nitrogens is 1. The number of aryl methyl sites for hydroxylation is 1. The van der Waals surface area contributed by atoms with Crippen molar-refractivity contribution >= 4 is 26.8 Å². The first kappa shape index (κ1) is 14.6. The predicted octanol–water partition coefficient (Wildman–Crippen LogP) is 3.99. The molecule has 3 rings (SSSR count). The van der Waals surface area contributed by atoms with Gasteiger partial charge in [0.15, 0.2) is 0 Å². The number of nitrogens with zero attached hydrogens (tertiary/aromatic N) is 2. The van der Waals surface area contributed by atoms with Gasteiger partial charge in [0.25, 0.3) is 0 Å². The van der Waals surface area contributed by atoms with Gasteiger partial charge in [-0.3, -0.25) is 4.79 Å². The Bertz CT molecular complexity index is 967. The molecular formula is C18H13BrN2O. The number of benzene rings is 2. The van der Waals surface area contributed by atoms with Crippen LogP contribution in [0.5, 0.6) is 0 Å². The first-order valence-corrected chi connectivity index (χ1v) is 7.66. The number of pyridine rings is 1. The lowest BCUT2D eigenvalue weighted by Crippen LogP contribution is -2.13. The number of rotatable bonds is 2. The Morgan fingerprint density at radius 1 is 1.23 bits per heavy atom. The minimum atomic E-state index is -0.223. The maximum atomic E-state index is 12.3. The largest absolute Gasteiger partial charge is 0.341 e. The quantitative estimate of drug-likeness (QED) is 0.699. The summed E-state index contributed by atoms with van der Waals surface area (Å²) in [6.45, 7) is 2.67. The lowest BCUT2D eigenvalue weighted by atomic mass is 10.1. The van der Waals surface area contributed by atoms with E-state index in [0.717, 1.165) is 15.6 Å². The topological polar surface area (TPSA) is 45.8 Å². The van der Waals surface area contributed by atoms with Crippen molar-refractivity contribution in [3.63, 3.8) is 0 Å². The summed E-state index contributed by atoms with van der Waals surface area (Å²) in [6.07, 6.45) is 1.64. The van der Waals surface area contributed by atoms with Gasteiger partial charge < -0.3 is 4.57 Å². The van der Waals surface area contributed by atoms with Crippen molar-refractivity contribution in [2.24, 2.45) is 0 Å². The molecule has 0 amide bonds. The Morgan fingerprint density at radius 3 is 2.77 bits per heavy atom. The highest BCUT2D eigenvalue weighted by Gasteiger charge is 2.09. The van der Waals surface area contributed by atoms with Gasteiger partial charge in [0.1, 0.15) is 11.6 Å². The van der Waals surface area contributed by atoms with E-state index in [1.54, 1.807) is 12.3 Å². The van der Waals surface area contributed by atoms with Crippen LogP contribution in [0.25, 0.3) is 10.9 Å². The normalized spacial score (nSPS) is 10.6. The third-order valence-electron chi connectivity index (χ3n) is 3.60. The molecule has 0 N–H and O–H groups in total. The third-order valence-corrected chi connectivity index (χ3v) is 4.09. The highest BCUT2D eigenvalue weighted by molar-refractivity contribution is 9.10. The molecule has 3 nitrogen and oxygen atoms in total. The molecule has 1 aromatic heterocycles. The first-order chi connectivity index (χ1) is 10.6. The Hall–Kier alpha value is -2.38. The number of hydrogen-bond donors (Lipinski definition) is 0. The summed E-state index contributed by atoms with van der Waals surface area (Å²) >= 11 is 3.38. The van der Waals surface area contributed by atoms with E-state index in [9.17, 15) is 10.1 Å². The smallest absolute Gasteiger partial charge is 0.207 e. The van der Waals surface area contributed by atoms with Crippen molar-refractivity contribution in [2.45, 2.75) is 13.5 Å². The molecule has 0 saturated heterocycles. The number of hydrogen-bond acceptors (Lipinski definition) is 2. The van der Waals surface area contributed by atoms with E-state index < -0.39 is 0 Å². The zero-order valence-corrected chi connectivity index (χ0v) is 13.6. The predicted molar refractivity (Wildman–Crippen MR) is 90.9 cm³/mol. The van der Waals surface area contributed by atoms with Gasteiger partial charge in [0.2, 0.25) is 5.43 Å². The average molecular weight is 353 g/mol. The van der Waals surface area contributed by atoms with Crippen LogP contribution < -0.4 is 5.43 Å². The molecule has 3 aromatic rings. The standard InChI is InChI=1S/C18H13BrN2O/c1-12-3-2-4-13(7-12)10-21-11-14(9-20)18(22)16-8-15(19)5-6-17(16)21/h2-8,11H,10H2,1H3. The highest BCUT2D eigenvalue weighted by Crippen LogP contribution is 2.19. The Labute approximate surface area is 136 Å². The van der Waals surface area contributed by atoms with E-state index in [0.29, 0.717) is 11.9 Å². The molecule has 0 bridgehead atoms. The first-order valence-electron chi connectivity index (χ1n) is 6.87. The number of halogens is 1. The second-order valence-electron chi connectivity index (χ2n) is 5.26. The zero-order valence-electron chi connectivity index (χ0n) is 12.0. The van der Waals surface area contributed by atoms with Gasteiger partial charge in [-0.25, -0.2) is 0 Å². The molecule has 108 valence electrons. The second kappa shape index (κ2) is 5.78. The van der Waals surface area contributed by atoms with Crippen LogP contribution >= 0.6 is 15.9 Å². The third kappa shape index (κ3) is 2.68. The molecule has 4 heteroatoms. The van der Waals surface area contributed by atoms with Crippen LogP contribution in [-0.4, -0.2) is 4.57 Å². The van der Waals surface area contributed by atoms with Crippen LogP contribution in [0.1, 0.15) is 16.7 Å². The summed E-state index contributed by atoms with van der Waals surface area (Å²) < 4.78 is 2.78. The lowest BCUT2D eigenvalue weighted by Gasteiger charge is -2.12. The molecule has 2 aromatic carbocycles. The molecule has 0 unspecified atom stereocenters. The Kier molecular flexibility index (Phi) is 3.82. The van der Waals surface area contributed by atoms with E-state index >= 15 is 0 Å². The van der Waals surface area contributed by atoms with Gasteiger partial charge in [-0.1, -0.05) is 45.8 Å². The monoisotopic (exact) mass is 352 g/mol. The van der Waals surface area contributed by atoms with Crippen LogP contribution in [-0.2, 0) is 6.54 Å². The van der Waals surface area contributed by atoms with Crippen molar-refractivity contribution in [2.75, 3.05) is 0 Å². The zero-order chi connectivity index (χ0) is 15.7. The fourth-order valence-corrected chi connectivity index (χ4v) is 2.95. The molecule has 0 fully saturated rings. The van der Waals surface area contributed by atoms with Crippen LogP contribution in [0.3, 0.4) is 0 Å². The molecule has 22 heavy (non-hydrogen) atoms. The summed E-state index contributed by atoms with van der Waals surface area (Å²) in [6, 6.07) is 15.8. The minimum absolute atomic E-state index is 0.165. The summed E-state index contributed by atoms with van der Waals surface area (Å²) in [5.74, 6) is 0. The highest BCUT2D eigenvalue weighted by atomic mass is 79.9. The van der Waals surface area contributed by atoms with E-state index in [-0.39, 0.29) is 11.0 Å². The van der Waals surface area contributed by atoms with Crippen LogP contribution in [0.2, 0.25) is 0 Å². The lowest BCUT2D eigenvalue weighted by molar-refractivity contribution is 0.822. The number of fused-ring (bicyclic) bond motifs is 1. The van der Waals surface area contributed by atoms with Crippen molar-refractivity contribution in [3.8, 4) is 6.07 Å². The SMILES string of the molecule is Cc1cccc(Cn2cc(C#N)c(=O)c3cc(Br)ccc32)c1. The molecule has 1 heterocycles. The molecule has 0 aliphatic carbocycles. The van der Waals surface area contributed by atoms with Gasteiger partial charge in [0.05, 0.1) is 5.52 Å². The van der Waals surface area contributed by atoms with Crippen LogP contribution in [0.4, 0.5) is 0 Å². The Balaban J connectivity index is 2.23. The molecular weight excluding hydrogens is 340 g/mol. The van der Waals surface area contributed by atoms with E-state index in [2.05, 4.69) is 22.0 Å². The van der Waals surface area contributed by atoms with Gasteiger partial charge in [-0.15, -0.1) is 0 Å². The summed E-state index contributed by atoms with van der Waals surface area (Å²) in [5, 5.41) is 9.76. The fourth-order valence-electron chi connectivity index (χ4n) is 2.59. The summed E-state index contributed by atoms with van der Waals surface area (Å²) in [4.78, 5) is 12.3. The fraction of sp³-hybridized carbons (Fsp3) is 0.111. The molecule has 0 aliphatic heterocycles. The van der Waals surface area contributed by atoms with Crippen LogP contribution in [0, 0.1) is 18.3 Å². The second-order valence-corrected chi connectivity index (χ2v) is 6.18. The minimum Gasteiger partial charge on any atom is -0.341 e. The van der Waals surface area contributed by atoms with Crippen molar-refractivity contribution in [1.82, 2.24) is 4.57 Å². The maximum Gasteiger partial charge on any atom is 0.207 e. The summed E-state index contributed by atoms with van der Waals surface area (Å²) in [5.41, 5.74) is 3.09. The van der Waals surface area contributed by atoms with Gasteiger partial charge in [0, 0.05) is 22.6 Å². The van der Waals surface area contributed by atoms with Crippen molar-refractivity contribution in [3.05, 3.63) is 80.0 Å². The average Bonchev–Trinajstić information content (AvgIpc) is 2.50. The van der Waals surface area contributed by atoms with Gasteiger partial charge in [-0.05, 0) is 30.7 Å².